The number of sulfonamides is 1. The van der Waals surface area contributed by atoms with Gasteiger partial charge in [0.2, 0.25) is 10.0 Å². The summed E-state index contributed by atoms with van der Waals surface area (Å²) in [6, 6.07) is -0.286. The molecule has 0 aliphatic rings. The van der Waals surface area contributed by atoms with Gasteiger partial charge in [-0.3, -0.25) is 19.1 Å². The number of aromatic amines is 1. The third kappa shape index (κ3) is 3.21. The molecule has 1 atom stereocenters. The van der Waals surface area contributed by atoms with Gasteiger partial charge >= 0.3 is 11.7 Å². The lowest BCUT2D eigenvalue weighted by Gasteiger charge is -2.18. The van der Waals surface area contributed by atoms with Crippen molar-refractivity contribution in [1.82, 2.24) is 19.3 Å². The van der Waals surface area contributed by atoms with Crippen LogP contribution in [0.15, 0.2) is 26.7 Å². The fourth-order valence-corrected chi connectivity index (χ4v) is 3.38. The maximum absolute atomic E-state index is 12.4. The lowest BCUT2D eigenvalue weighted by Crippen LogP contribution is -2.44. The molecule has 0 aromatic carbocycles. The Morgan fingerprint density at radius 3 is 2.54 bits per heavy atom. The number of carbonyl (C=O) groups is 1. The van der Waals surface area contributed by atoms with E-state index in [4.69, 9.17) is 5.11 Å². The molecule has 0 radical (unpaired) electrons. The number of aromatic nitrogens is 3. The highest BCUT2D eigenvalue weighted by atomic mass is 32.2. The highest BCUT2D eigenvalue weighted by molar-refractivity contribution is 7.89. The molecular formula is C13H16N4O6S. The van der Waals surface area contributed by atoms with Crippen molar-refractivity contribution in [1.29, 1.82) is 0 Å². The largest absolute Gasteiger partial charge is 0.480 e. The van der Waals surface area contributed by atoms with Gasteiger partial charge in [-0.05, 0) is 12.0 Å². The first-order valence-electron chi connectivity index (χ1n) is 6.89. The van der Waals surface area contributed by atoms with Gasteiger partial charge in [0.05, 0.1) is 5.39 Å². The van der Waals surface area contributed by atoms with Gasteiger partial charge in [0.1, 0.15) is 16.6 Å². The van der Waals surface area contributed by atoms with E-state index in [2.05, 4.69) is 9.71 Å². The van der Waals surface area contributed by atoms with Crippen LogP contribution in [0.1, 0.15) is 13.8 Å². The van der Waals surface area contributed by atoms with Gasteiger partial charge < -0.3 is 5.11 Å². The van der Waals surface area contributed by atoms with Crippen molar-refractivity contribution in [3.8, 4) is 0 Å². The van der Waals surface area contributed by atoms with Gasteiger partial charge in [-0.25, -0.2) is 18.2 Å². The Labute approximate surface area is 136 Å². The number of hydrogen-bond donors (Lipinski definition) is 3. The van der Waals surface area contributed by atoms with Crippen molar-refractivity contribution in [3.05, 3.63) is 33.1 Å². The van der Waals surface area contributed by atoms with Gasteiger partial charge in [0.15, 0.2) is 0 Å². The molecule has 2 rings (SSSR count). The summed E-state index contributed by atoms with van der Waals surface area (Å²) < 4.78 is 27.9. The van der Waals surface area contributed by atoms with E-state index in [1.807, 2.05) is 4.98 Å². The Morgan fingerprint density at radius 2 is 2.00 bits per heavy atom. The second-order valence-corrected chi connectivity index (χ2v) is 7.26. The van der Waals surface area contributed by atoms with Crippen LogP contribution in [-0.4, -0.2) is 40.1 Å². The van der Waals surface area contributed by atoms with Crippen LogP contribution in [0.5, 0.6) is 0 Å². The molecule has 0 aliphatic heterocycles. The van der Waals surface area contributed by atoms with Crippen molar-refractivity contribution in [2.45, 2.75) is 24.8 Å². The SMILES string of the molecule is CC(C)[C@@H](NS(=O)(=O)c1cnc2c(c1)c(=O)[nH]c(=O)n2C)C(=O)O. The van der Waals surface area contributed by atoms with Crippen molar-refractivity contribution in [2.24, 2.45) is 13.0 Å². The first-order chi connectivity index (χ1) is 11.0. The molecule has 0 amide bonds. The van der Waals surface area contributed by atoms with Crippen molar-refractivity contribution in [2.75, 3.05) is 0 Å². The molecule has 130 valence electrons. The molecule has 24 heavy (non-hydrogen) atoms. The molecule has 0 saturated carbocycles. The Bertz CT molecular complexity index is 1020. The molecule has 0 unspecified atom stereocenters. The molecule has 0 aliphatic carbocycles. The second-order valence-electron chi connectivity index (χ2n) is 5.54. The van der Waals surface area contributed by atoms with Crippen LogP contribution in [0.2, 0.25) is 0 Å². The molecule has 0 bridgehead atoms. The topological polar surface area (TPSA) is 151 Å². The van der Waals surface area contributed by atoms with Crippen molar-refractivity contribution in [3.63, 3.8) is 0 Å². The second kappa shape index (κ2) is 6.17. The van der Waals surface area contributed by atoms with E-state index in [1.165, 1.54) is 7.05 Å². The molecule has 11 heteroatoms. The fourth-order valence-electron chi connectivity index (χ4n) is 2.07. The third-order valence-electron chi connectivity index (χ3n) is 3.45. The molecule has 3 N–H and O–H groups in total. The lowest BCUT2D eigenvalue weighted by atomic mass is 10.1. The summed E-state index contributed by atoms with van der Waals surface area (Å²) in [7, 11) is -2.84. The van der Waals surface area contributed by atoms with Crippen molar-refractivity contribution < 1.29 is 18.3 Å². The van der Waals surface area contributed by atoms with E-state index in [0.717, 1.165) is 16.8 Å². The molecule has 0 spiro atoms. The molecule has 0 saturated heterocycles. The van der Waals surface area contributed by atoms with E-state index < -0.39 is 39.2 Å². The number of H-pyrrole nitrogens is 1. The number of carboxylic acids is 1. The van der Waals surface area contributed by atoms with Gasteiger partial charge in [-0.2, -0.15) is 4.72 Å². The maximum atomic E-state index is 12.4. The van der Waals surface area contributed by atoms with Crippen LogP contribution in [0.3, 0.4) is 0 Å². The summed E-state index contributed by atoms with van der Waals surface area (Å²) in [5.41, 5.74) is -1.45. The summed E-state index contributed by atoms with van der Waals surface area (Å²) in [5.74, 6) is -1.81. The molecule has 2 heterocycles. The Balaban J connectivity index is 2.58. The highest BCUT2D eigenvalue weighted by Gasteiger charge is 2.28. The Morgan fingerprint density at radius 1 is 1.38 bits per heavy atom. The van der Waals surface area contributed by atoms with Gasteiger partial charge in [-0.1, -0.05) is 13.8 Å². The molecule has 2 aromatic rings. The number of carboxylic acid groups (broad SMARTS) is 1. The average molecular weight is 356 g/mol. The van der Waals surface area contributed by atoms with Crippen LogP contribution in [0.25, 0.3) is 11.0 Å². The summed E-state index contributed by atoms with van der Waals surface area (Å²) in [6.45, 7) is 3.11. The molecular weight excluding hydrogens is 340 g/mol. The van der Waals surface area contributed by atoms with Crippen LogP contribution >= 0.6 is 0 Å². The third-order valence-corrected chi connectivity index (χ3v) is 4.86. The zero-order valence-corrected chi connectivity index (χ0v) is 13.9. The zero-order chi connectivity index (χ0) is 18.2. The van der Waals surface area contributed by atoms with Crippen molar-refractivity contribution >= 4 is 27.0 Å². The smallest absolute Gasteiger partial charge is 0.329 e. The zero-order valence-electron chi connectivity index (χ0n) is 13.1. The van der Waals surface area contributed by atoms with Crippen LogP contribution in [0.4, 0.5) is 0 Å². The van der Waals surface area contributed by atoms with Crippen LogP contribution in [-0.2, 0) is 21.9 Å². The highest BCUT2D eigenvalue weighted by Crippen LogP contribution is 2.14. The lowest BCUT2D eigenvalue weighted by molar-refractivity contribution is -0.140. The number of hydrogen-bond acceptors (Lipinski definition) is 6. The minimum absolute atomic E-state index is 0.0151. The number of aliphatic carboxylic acids is 1. The fraction of sp³-hybridized carbons (Fsp3) is 0.385. The van der Waals surface area contributed by atoms with Gasteiger partial charge in [0, 0.05) is 13.2 Å². The minimum Gasteiger partial charge on any atom is -0.480 e. The number of rotatable bonds is 5. The first-order valence-corrected chi connectivity index (χ1v) is 8.37. The molecule has 2 aromatic heterocycles. The number of nitrogens with zero attached hydrogens (tertiary/aromatic N) is 2. The number of pyridine rings is 1. The normalized spacial score (nSPS) is 13.3. The van der Waals surface area contributed by atoms with Gasteiger partial charge in [-0.15, -0.1) is 0 Å². The van der Waals surface area contributed by atoms with E-state index in [1.54, 1.807) is 13.8 Å². The summed E-state index contributed by atoms with van der Waals surface area (Å²) in [4.78, 5) is 40.0. The number of nitrogens with one attached hydrogen (secondary N) is 2. The number of aryl methyl sites for hydroxylation is 1. The summed E-state index contributed by atoms with van der Waals surface area (Å²) >= 11 is 0. The Hall–Kier alpha value is -2.53. The summed E-state index contributed by atoms with van der Waals surface area (Å²) in [5, 5.41) is 9.00. The average Bonchev–Trinajstić information content (AvgIpc) is 2.49. The monoisotopic (exact) mass is 356 g/mol. The predicted octanol–water partition coefficient (Wildman–Crippen LogP) is -0.991. The molecule has 0 fully saturated rings. The predicted molar refractivity (Wildman–Crippen MR) is 84.2 cm³/mol. The van der Waals surface area contributed by atoms with Gasteiger partial charge in [0.25, 0.3) is 5.56 Å². The van der Waals surface area contributed by atoms with E-state index >= 15 is 0 Å². The minimum atomic E-state index is -4.21. The van der Waals surface area contributed by atoms with Crippen LogP contribution < -0.4 is 16.0 Å². The molecule has 10 nitrogen and oxygen atoms in total. The van der Waals surface area contributed by atoms with Crippen LogP contribution in [0, 0.1) is 5.92 Å². The first kappa shape index (κ1) is 17.8. The Kier molecular flexibility index (Phi) is 4.58. The van der Waals surface area contributed by atoms with E-state index in [-0.39, 0.29) is 15.9 Å². The standard InChI is InChI=1S/C13H16N4O6S/c1-6(2)9(12(19)20)16-24(22,23)7-4-8-10(14-5-7)17(3)13(21)15-11(8)18/h4-6,9,16H,1-3H3,(H,19,20)(H,15,18,21)/t9-/m1/s1. The quantitative estimate of drug-likeness (QED) is 0.622. The van der Waals surface area contributed by atoms with E-state index in [9.17, 15) is 22.8 Å². The number of fused-ring (bicyclic) bond motifs is 1. The summed E-state index contributed by atoms with van der Waals surface area (Å²) in [6.07, 6.45) is 0.961. The maximum Gasteiger partial charge on any atom is 0.329 e. The van der Waals surface area contributed by atoms with E-state index in [0.29, 0.717) is 0 Å².